The van der Waals surface area contributed by atoms with Crippen molar-refractivity contribution in [2.75, 3.05) is 0 Å². The van der Waals surface area contributed by atoms with Gasteiger partial charge in [0.2, 0.25) is 0 Å². The summed E-state index contributed by atoms with van der Waals surface area (Å²) in [4.78, 5) is 15.1. The average molecular weight is 936 g/mol. The molecule has 5 aromatic rings. The molecule has 0 spiro atoms. The Hall–Kier alpha value is -2.76. The van der Waals surface area contributed by atoms with E-state index in [4.69, 9.17) is 10.1 Å². The van der Waals surface area contributed by atoms with Crippen molar-refractivity contribution in [3.05, 3.63) is 108 Å². The smallest absolute Gasteiger partial charge is 0 e. The molecule has 0 bridgehead atoms. The van der Waals surface area contributed by atoms with Crippen LogP contribution in [0.4, 0.5) is 0 Å². The molecule has 1 aliphatic heterocycles. The van der Waals surface area contributed by atoms with Crippen LogP contribution in [0.5, 0.6) is 0 Å². The van der Waals surface area contributed by atoms with Crippen molar-refractivity contribution in [1.29, 1.82) is 0 Å². The number of fused-ring (bicyclic) bond motifs is 4. The van der Waals surface area contributed by atoms with Crippen LogP contribution in [0.25, 0.3) is 44.3 Å². The van der Waals surface area contributed by atoms with Crippen molar-refractivity contribution in [3.8, 4) is 33.5 Å². The number of hydrogen-bond acceptors (Lipinski definition) is 3. The van der Waals surface area contributed by atoms with Gasteiger partial charge in [0.1, 0.15) is 0 Å². The maximum Gasteiger partial charge on any atom is 0 e. The SMILES string of the molecule is CC(=O)/C=C(/C)O.Cc1c[c]([Ge]([CH3])([CH3])[CH3])ccc1-c1ccc2[c](c1)[Ge]([CH3])([CH3])[c]1c-2ccnc1-c1[c-]c2ccccc2c(C(C)(C)C)c1.[Ir]. The maximum atomic E-state index is 10.0. The molecule has 6 rings (SSSR count). The number of carbonyl (C=O) groups is 1. The normalized spacial score (nSPS) is 13.6. The Labute approximate surface area is 306 Å². The minimum atomic E-state index is -2.68. The zero-order chi connectivity index (χ0) is 34.5. The Morgan fingerprint density at radius 3 is 2.15 bits per heavy atom. The van der Waals surface area contributed by atoms with E-state index in [-0.39, 0.29) is 37.1 Å². The summed E-state index contributed by atoms with van der Waals surface area (Å²) in [5.74, 6) is 12.5. The van der Waals surface area contributed by atoms with Gasteiger partial charge in [-0.15, -0.1) is 0 Å². The molecule has 251 valence electrons. The number of hydrogen-bond donors (Lipinski definition) is 1. The summed E-state index contributed by atoms with van der Waals surface area (Å²) < 4.78 is 4.63. The first-order valence-corrected chi connectivity index (χ1v) is 30.1. The number of allylic oxidation sites excluding steroid dienone is 2. The van der Waals surface area contributed by atoms with Crippen LogP contribution in [0.2, 0.25) is 28.8 Å². The molecule has 48 heavy (non-hydrogen) atoms. The van der Waals surface area contributed by atoms with Gasteiger partial charge < -0.3 is 5.11 Å². The van der Waals surface area contributed by atoms with Gasteiger partial charge in [-0.25, -0.2) is 0 Å². The standard InChI is InChI=1S/C37H40Ge2N.C5H8O2.Ir/c1-24-20-28(38(5,6)7)15-17-29(24)26-14-16-31-32-18-19-40-36(35(32)39(8,9)34(31)23-26)27-21-25-12-10-11-13-30(25)33(22-27)37(2,3)4;1-4(6)3-5(2)7;/h10-20,22-23H,1-9H3;3,6H,1-2H3;/q-1;;/b;4-3-;. The molecule has 0 unspecified atom stereocenters. The second-order valence-corrected chi connectivity index (χ2v) is 35.2. The summed E-state index contributed by atoms with van der Waals surface area (Å²) in [6.07, 6.45) is 3.18. The Kier molecular flexibility index (Phi) is 11.3. The minimum absolute atomic E-state index is 0. The van der Waals surface area contributed by atoms with Crippen LogP contribution >= 0.6 is 0 Å². The fraction of sp³-hybridized carbons (Fsp3) is 0.286. The van der Waals surface area contributed by atoms with Gasteiger partial charge in [-0.3, -0.25) is 4.79 Å². The summed E-state index contributed by atoms with van der Waals surface area (Å²) in [7, 11) is 0. The van der Waals surface area contributed by atoms with Crippen LogP contribution in [0.15, 0.2) is 90.8 Å². The number of aromatic nitrogens is 1. The molecule has 6 heteroatoms. The van der Waals surface area contributed by atoms with Crippen LogP contribution in [0.1, 0.15) is 45.7 Å². The number of nitrogens with zero attached hydrogens (tertiary/aromatic N) is 1. The molecule has 0 atom stereocenters. The third-order valence-electron chi connectivity index (χ3n) is 9.21. The molecular weight excluding hydrogens is 888 g/mol. The maximum absolute atomic E-state index is 10.0. The first-order chi connectivity index (χ1) is 21.9. The average Bonchev–Trinajstić information content (AvgIpc) is 3.21. The summed E-state index contributed by atoms with van der Waals surface area (Å²) in [5.41, 5.74) is 10.5. The summed E-state index contributed by atoms with van der Waals surface area (Å²) in [5, 5.41) is 10.8. The van der Waals surface area contributed by atoms with E-state index in [0.29, 0.717) is 0 Å². The Balaban J connectivity index is 0.000000589. The number of aliphatic hydroxyl groups is 1. The molecule has 0 amide bonds. The number of rotatable bonds is 4. The van der Waals surface area contributed by atoms with E-state index in [2.05, 4.69) is 135 Å². The zero-order valence-corrected chi connectivity index (χ0v) is 36.8. The van der Waals surface area contributed by atoms with Crippen molar-refractivity contribution in [3.63, 3.8) is 0 Å². The second-order valence-electron chi connectivity index (χ2n) is 15.5. The van der Waals surface area contributed by atoms with E-state index in [9.17, 15) is 4.79 Å². The second kappa shape index (κ2) is 14.2. The summed E-state index contributed by atoms with van der Waals surface area (Å²) >= 11 is -4.55. The van der Waals surface area contributed by atoms with E-state index in [0.717, 1.165) is 11.3 Å². The predicted octanol–water partition coefficient (Wildman–Crippen LogP) is 9.36. The molecule has 0 saturated carbocycles. The van der Waals surface area contributed by atoms with Gasteiger partial charge in [0, 0.05) is 26.2 Å². The van der Waals surface area contributed by atoms with Gasteiger partial charge in [0.15, 0.2) is 5.78 Å². The first-order valence-electron chi connectivity index (χ1n) is 16.5. The largest absolute Gasteiger partial charge is 0 e. The Morgan fingerprint density at radius 1 is 0.896 bits per heavy atom. The number of pyridine rings is 1. The number of carbonyl (C=O) groups excluding carboxylic acids is 1. The molecule has 1 aliphatic rings. The van der Waals surface area contributed by atoms with Gasteiger partial charge in [-0.05, 0) is 13.8 Å². The molecule has 4 aromatic carbocycles. The van der Waals surface area contributed by atoms with E-state index < -0.39 is 26.5 Å². The van der Waals surface area contributed by atoms with E-state index in [1.165, 1.54) is 68.5 Å². The zero-order valence-electron chi connectivity index (χ0n) is 30.2. The van der Waals surface area contributed by atoms with Gasteiger partial charge in [0.25, 0.3) is 0 Å². The van der Waals surface area contributed by atoms with Crippen molar-refractivity contribution < 1.29 is 30.0 Å². The van der Waals surface area contributed by atoms with Gasteiger partial charge in [-0.2, -0.15) is 0 Å². The molecule has 2 heterocycles. The van der Waals surface area contributed by atoms with E-state index in [1.807, 2.05) is 6.20 Å². The Morgan fingerprint density at radius 2 is 1.56 bits per heavy atom. The summed E-state index contributed by atoms with van der Waals surface area (Å²) in [6.45, 7) is 12.0. The van der Waals surface area contributed by atoms with E-state index in [1.54, 1.807) is 8.79 Å². The van der Waals surface area contributed by atoms with Crippen LogP contribution in [-0.4, -0.2) is 42.4 Å². The van der Waals surface area contributed by atoms with Crippen LogP contribution in [-0.2, 0) is 30.3 Å². The summed E-state index contributed by atoms with van der Waals surface area (Å²) in [6, 6.07) is 31.5. The molecule has 0 fully saturated rings. The molecule has 0 aliphatic carbocycles. The van der Waals surface area contributed by atoms with Crippen LogP contribution < -0.4 is 13.2 Å². The molecule has 0 saturated heterocycles. The molecule has 1 N–H and O–H groups in total. The van der Waals surface area contributed by atoms with Crippen molar-refractivity contribution >= 4 is 56.3 Å². The number of aryl methyl sites for hydroxylation is 1. The quantitative estimate of drug-likeness (QED) is 0.0847. The minimum Gasteiger partial charge on any atom is 0 e. The molecule has 1 radical (unpaired) electrons. The van der Waals surface area contributed by atoms with Crippen molar-refractivity contribution in [2.24, 2.45) is 0 Å². The number of benzene rings is 4. The molecule has 3 nitrogen and oxygen atoms in total. The first kappa shape index (κ1) is 38.0. The fourth-order valence-corrected chi connectivity index (χ4v) is 16.5. The molecule has 1 aromatic heterocycles. The van der Waals surface area contributed by atoms with Crippen LogP contribution in [0, 0.1) is 13.0 Å². The fourth-order valence-electron chi connectivity index (χ4n) is 6.85. The third-order valence-corrected chi connectivity index (χ3v) is 20.9. The van der Waals surface area contributed by atoms with Gasteiger partial charge >= 0.3 is 247 Å². The van der Waals surface area contributed by atoms with Crippen molar-refractivity contribution in [1.82, 2.24) is 4.98 Å². The number of aliphatic hydroxyl groups excluding tert-OH is 1. The molecular formula is C42H48Ge2IrNO2-. The topological polar surface area (TPSA) is 50.2 Å². The third kappa shape index (κ3) is 7.68. The van der Waals surface area contributed by atoms with E-state index >= 15 is 0 Å². The van der Waals surface area contributed by atoms with Gasteiger partial charge in [-0.1, -0.05) is 0 Å². The van der Waals surface area contributed by atoms with Crippen molar-refractivity contribution in [2.45, 2.75) is 75.7 Å². The monoisotopic (exact) mass is 939 g/mol. The Bertz CT molecular complexity index is 2040. The van der Waals surface area contributed by atoms with Gasteiger partial charge in [0.05, 0.1) is 5.76 Å². The van der Waals surface area contributed by atoms with Crippen LogP contribution in [0.3, 0.4) is 0 Å². The number of ketones is 1. The predicted molar refractivity (Wildman–Crippen MR) is 207 cm³/mol.